The maximum absolute atomic E-state index is 11.1. The maximum atomic E-state index is 11.1. The lowest BCUT2D eigenvalue weighted by Crippen LogP contribution is -2.27. The van der Waals surface area contributed by atoms with Crippen LogP contribution < -0.4 is 5.32 Å². The van der Waals surface area contributed by atoms with Crippen LogP contribution in [-0.4, -0.2) is 9.64 Å². The number of hydrogen-bond donors (Lipinski definition) is 1. The van der Waals surface area contributed by atoms with Crippen LogP contribution in [0.2, 0.25) is 0 Å². The molecule has 0 atom stereocenters. The second-order valence-electron chi connectivity index (χ2n) is 2.50. The highest BCUT2D eigenvalue weighted by Crippen LogP contribution is 2.07. The van der Waals surface area contributed by atoms with E-state index in [1.54, 1.807) is 0 Å². The first-order valence-corrected chi connectivity index (χ1v) is 5.63. The number of carbonyl (C=O) groups excluding carboxylic acids is 1. The molecule has 1 N–H and O–H groups in total. The van der Waals surface area contributed by atoms with Crippen molar-refractivity contribution < 1.29 is 4.79 Å². The number of nitrogens with one attached hydrogen (secondary N) is 1. The monoisotopic (exact) mass is 305 g/mol. The van der Waals surface area contributed by atoms with Gasteiger partial charge in [-0.05, 0) is 5.56 Å². The summed E-state index contributed by atoms with van der Waals surface area (Å²) in [7, 11) is 0. The van der Waals surface area contributed by atoms with E-state index < -0.39 is 0 Å². The molecule has 0 aromatic heterocycles. The average molecular weight is 307 g/mol. The number of benzene rings is 1. The lowest BCUT2D eigenvalue weighted by atomic mass is 10.2. The number of carbonyl (C=O) groups is 1. The summed E-state index contributed by atoms with van der Waals surface area (Å²) in [4.78, 5) is 11.1. The maximum Gasteiger partial charge on any atom is 0.244 e. The van der Waals surface area contributed by atoms with Crippen molar-refractivity contribution >= 4 is 37.8 Å². The first kappa shape index (κ1) is 10.7. The Balaban J connectivity index is 2.40. The molecule has 0 spiro atoms. The van der Waals surface area contributed by atoms with Crippen LogP contribution >= 0.6 is 31.9 Å². The smallest absolute Gasteiger partial charge is 0.244 e. The summed E-state index contributed by atoms with van der Waals surface area (Å²) >= 11 is 6.24. The lowest BCUT2D eigenvalue weighted by Gasteiger charge is -2.05. The van der Waals surface area contributed by atoms with Crippen molar-refractivity contribution in [2.75, 3.05) is 0 Å². The number of amides is 1. The highest BCUT2D eigenvalue weighted by molar-refractivity contribution is 9.25. The third kappa shape index (κ3) is 3.91. The van der Waals surface area contributed by atoms with E-state index in [-0.39, 0.29) is 9.64 Å². The first-order valence-electron chi connectivity index (χ1n) is 3.80. The van der Waals surface area contributed by atoms with Crippen molar-refractivity contribution in [1.29, 1.82) is 0 Å². The zero-order valence-corrected chi connectivity index (χ0v) is 10.0. The third-order valence-corrected chi connectivity index (χ3v) is 2.34. The molecule has 0 radical (unpaired) electrons. The Labute approximate surface area is 94.0 Å². The Morgan fingerprint density at radius 3 is 2.46 bits per heavy atom. The van der Waals surface area contributed by atoms with E-state index >= 15 is 0 Å². The minimum atomic E-state index is -0.316. The molecule has 1 aromatic rings. The van der Waals surface area contributed by atoms with Gasteiger partial charge in [-0.2, -0.15) is 0 Å². The molecule has 0 saturated carbocycles. The van der Waals surface area contributed by atoms with E-state index in [2.05, 4.69) is 37.2 Å². The van der Waals surface area contributed by atoms with Gasteiger partial charge in [0, 0.05) is 6.54 Å². The van der Waals surface area contributed by atoms with Crippen LogP contribution in [0.5, 0.6) is 0 Å². The molecule has 1 aromatic carbocycles. The summed E-state index contributed by atoms with van der Waals surface area (Å²) < 4.78 is -0.316. The summed E-state index contributed by atoms with van der Waals surface area (Å²) in [6, 6.07) is 9.78. The van der Waals surface area contributed by atoms with Gasteiger partial charge in [-0.15, -0.1) is 0 Å². The summed E-state index contributed by atoms with van der Waals surface area (Å²) in [6.07, 6.45) is 0. The third-order valence-electron chi connectivity index (χ3n) is 1.51. The molecule has 4 heteroatoms. The molecule has 1 amide bonds. The molecule has 0 unspecified atom stereocenters. The molecular formula is C9H9Br2NO. The van der Waals surface area contributed by atoms with E-state index in [0.717, 1.165) is 5.56 Å². The fraction of sp³-hybridized carbons (Fsp3) is 0.222. The molecule has 2 nitrogen and oxygen atoms in total. The molecule has 0 aliphatic rings. The molecule has 0 aliphatic heterocycles. The van der Waals surface area contributed by atoms with Crippen molar-refractivity contribution in [3.8, 4) is 0 Å². The van der Waals surface area contributed by atoms with Crippen LogP contribution in [0, 0.1) is 0 Å². The summed E-state index contributed by atoms with van der Waals surface area (Å²) in [5.41, 5.74) is 1.09. The normalized spacial score (nSPS) is 10.1. The van der Waals surface area contributed by atoms with Crippen LogP contribution in [0.3, 0.4) is 0 Å². The van der Waals surface area contributed by atoms with Crippen molar-refractivity contribution in [3.05, 3.63) is 35.9 Å². The molecule has 0 aliphatic carbocycles. The van der Waals surface area contributed by atoms with Gasteiger partial charge in [0.2, 0.25) is 5.91 Å². The summed E-state index contributed by atoms with van der Waals surface area (Å²) in [5, 5.41) is 2.77. The van der Waals surface area contributed by atoms with Gasteiger partial charge in [-0.3, -0.25) is 4.79 Å². The summed E-state index contributed by atoms with van der Waals surface area (Å²) in [6.45, 7) is 0.563. The van der Waals surface area contributed by atoms with E-state index in [1.165, 1.54) is 0 Å². The fourth-order valence-electron chi connectivity index (χ4n) is 0.862. The van der Waals surface area contributed by atoms with Crippen LogP contribution in [0.4, 0.5) is 0 Å². The zero-order valence-electron chi connectivity index (χ0n) is 6.84. The largest absolute Gasteiger partial charge is 0.350 e. The van der Waals surface area contributed by atoms with E-state index in [1.807, 2.05) is 30.3 Å². The van der Waals surface area contributed by atoms with Crippen LogP contribution in [0.25, 0.3) is 0 Å². The predicted octanol–water partition coefficient (Wildman–Crippen LogP) is 2.42. The Hall–Kier alpha value is -0.350. The number of halogens is 2. The molecule has 0 saturated heterocycles. The van der Waals surface area contributed by atoms with Gasteiger partial charge in [-0.1, -0.05) is 62.2 Å². The van der Waals surface area contributed by atoms with Gasteiger partial charge in [0.25, 0.3) is 0 Å². The van der Waals surface area contributed by atoms with Gasteiger partial charge >= 0.3 is 0 Å². The number of hydrogen-bond acceptors (Lipinski definition) is 1. The first-order chi connectivity index (χ1) is 6.20. The molecule has 1 rings (SSSR count). The Morgan fingerprint density at radius 2 is 1.92 bits per heavy atom. The minimum Gasteiger partial charge on any atom is -0.350 e. The standard InChI is InChI=1S/C9H9Br2NO/c10-8(11)9(13)12-6-7-4-2-1-3-5-7/h1-5,8H,6H2,(H,12,13). The highest BCUT2D eigenvalue weighted by Gasteiger charge is 2.08. The average Bonchev–Trinajstić information content (AvgIpc) is 2.15. The van der Waals surface area contributed by atoms with Crippen LogP contribution in [0.1, 0.15) is 5.56 Å². The molecule has 0 bridgehead atoms. The highest BCUT2D eigenvalue weighted by atomic mass is 79.9. The van der Waals surface area contributed by atoms with E-state index in [4.69, 9.17) is 0 Å². The van der Waals surface area contributed by atoms with Crippen molar-refractivity contribution in [1.82, 2.24) is 5.32 Å². The molecule has 0 heterocycles. The fourth-order valence-corrected chi connectivity index (χ4v) is 1.19. The Bertz CT molecular complexity index is 274. The van der Waals surface area contributed by atoms with Crippen LogP contribution in [0.15, 0.2) is 30.3 Å². The molecule has 0 fully saturated rings. The van der Waals surface area contributed by atoms with Crippen molar-refractivity contribution in [2.45, 2.75) is 10.3 Å². The van der Waals surface area contributed by atoms with E-state index in [0.29, 0.717) is 6.54 Å². The van der Waals surface area contributed by atoms with Gasteiger partial charge in [-0.25, -0.2) is 0 Å². The van der Waals surface area contributed by atoms with Crippen molar-refractivity contribution in [2.24, 2.45) is 0 Å². The lowest BCUT2D eigenvalue weighted by molar-refractivity contribution is -0.119. The van der Waals surface area contributed by atoms with Gasteiger partial charge < -0.3 is 5.32 Å². The number of rotatable bonds is 3. The van der Waals surface area contributed by atoms with Crippen molar-refractivity contribution in [3.63, 3.8) is 0 Å². The SMILES string of the molecule is O=C(NCc1ccccc1)C(Br)Br. The predicted molar refractivity (Wildman–Crippen MR) is 59.9 cm³/mol. The molecule has 13 heavy (non-hydrogen) atoms. The van der Waals surface area contributed by atoms with E-state index in [9.17, 15) is 4.79 Å². The zero-order chi connectivity index (χ0) is 9.68. The quantitative estimate of drug-likeness (QED) is 0.854. The molecule has 70 valence electrons. The molecular weight excluding hydrogens is 298 g/mol. The van der Waals surface area contributed by atoms with Gasteiger partial charge in [0.1, 0.15) is 3.74 Å². The second-order valence-corrected chi connectivity index (χ2v) is 5.56. The summed E-state index contributed by atoms with van der Waals surface area (Å²) in [5.74, 6) is -0.0659. The minimum absolute atomic E-state index is 0.0659. The van der Waals surface area contributed by atoms with Gasteiger partial charge in [0.05, 0.1) is 0 Å². The van der Waals surface area contributed by atoms with Gasteiger partial charge in [0.15, 0.2) is 0 Å². The topological polar surface area (TPSA) is 29.1 Å². The van der Waals surface area contributed by atoms with Crippen LogP contribution in [-0.2, 0) is 11.3 Å². The number of alkyl halides is 2. The second kappa shape index (κ2) is 5.40. The Kier molecular flexibility index (Phi) is 4.45. The Morgan fingerprint density at radius 1 is 1.31 bits per heavy atom.